The molecule has 94 valence electrons. The van der Waals surface area contributed by atoms with Crippen LogP contribution < -0.4 is 10.1 Å². The Bertz CT molecular complexity index is 356. The van der Waals surface area contributed by atoms with E-state index in [1.165, 1.54) is 25.1 Å². The van der Waals surface area contributed by atoms with Crippen LogP contribution in [0.25, 0.3) is 0 Å². The number of hydrogen-bond acceptors (Lipinski definition) is 4. The third-order valence-corrected chi connectivity index (χ3v) is 3.28. The standard InChI is InChI=1S/C13H21N3O/c1-14-8-12-4-6-16(10-12)9-11-3-5-15-13(7-11)17-2/h3,5,7,12,14H,4,6,8-10H2,1-2H3. The van der Waals surface area contributed by atoms with Crippen LogP contribution in [0.15, 0.2) is 18.3 Å². The lowest BCUT2D eigenvalue weighted by Crippen LogP contribution is -2.24. The summed E-state index contributed by atoms with van der Waals surface area (Å²) in [6.45, 7) is 4.50. The summed E-state index contributed by atoms with van der Waals surface area (Å²) in [7, 11) is 3.68. The van der Waals surface area contributed by atoms with Gasteiger partial charge in [0.15, 0.2) is 0 Å². The van der Waals surface area contributed by atoms with Gasteiger partial charge in [-0.2, -0.15) is 0 Å². The SMILES string of the molecule is CNCC1CCN(Cc2ccnc(OC)c2)C1. The van der Waals surface area contributed by atoms with Crippen molar-refractivity contribution in [2.45, 2.75) is 13.0 Å². The van der Waals surface area contributed by atoms with Crippen LogP contribution in [-0.2, 0) is 6.54 Å². The molecule has 1 aromatic heterocycles. The van der Waals surface area contributed by atoms with E-state index < -0.39 is 0 Å². The zero-order valence-electron chi connectivity index (χ0n) is 10.6. The molecular weight excluding hydrogens is 214 g/mol. The van der Waals surface area contributed by atoms with Crippen molar-refractivity contribution >= 4 is 0 Å². The van der Waals surface area contributed by atoms with Gasteiger partial charge < -0.3 is 10.1 Å². The van der Waals surface area contributed by atoms with Crippen LogP contribution in [0.4, 0.5) is 0 Å². The zero-order chi connectivity index (χ0) is 12.1. The van der Waals surface area contributed by atoms with E-state index in [0.29, 0.717) is 5.88 Å². The highest BCUT2D eigenvalue weighted by atomic mass is 16.5. The van der Waals surface area contributed by atoms with E-state index in [-0.39, 0.29) is 0 Å². The lowest BCUT2D eigenvalue weighted by atomic mass is 10.1. The van der Waals surface area contributed by atoms with Gasteiger partial charge in [-0.05, 0) is 44.1 Å². The Balaban J connectivity index is 1.88. The highest BCUT2D eigenvalue weighted by Gasteiger charge is 2.21. The van der Waals surface area contributed by atoms with E-state index in [9.17, 15) is 0 Å². The first kappa shape index (κ1) is 12.3. The first-order chi connectivity index (χ1) is 8.31. The molecule has 0 spiro atoms. The molecule has 4 nitrogen and oxygen atoms in total. The minimum absolute atomic E-state index is 0.702. The molecule has 1 atom stereocenters. The van der Waals surface area contributed by atoms with Crippen LogP contribution in [0.5, 0.6) is 5.88 Å². The van der Waals surface area contributed by atoms with Crippen LogP contribution in [-0.4, -0.2) is 43.7 Å². The number of likely N-dealkylation sites (tertiary alicyclic amines) is 1. The summed E-state index contributed by atoms with van der Waals surface area (Å²) in [4.78, 5) is 6.62. The third-order valence-electron chi connectivity index (χ3n) is 3.28. The van der Waals surface area contributed by atoms with Crippen molar-refractivity contribution < 1.29 is 4.74 Å². The predicted octanol–water partition coefficient (Wildman–Crippen LogP) is 1.13. The minimum Gasteiger partial charge on any atom is -0.481 e. The van der Waals surface area contributed by atoms with Crippen LogP contribution in [0.2, 0.25) is 0 Å². The largest absolute Gasteiger partial charge is 0.481 e. The van der Waals surface area contributed by atoms with Crippen LogP contribution >= 0.6 is 0 Å². The molecule has 2 rings (SSSR count). The van der Waals surface area contributed by atoms with Crippen molar-refractivity contribution in [3.8, 4) is 5.88 Å². The fraction of sp³-hybridized carbons (Fsp3) is 0.615. The molecule has 0 amide bonds. The molecule has 17 heavy (non-hydrogen) atoms. The van der Waals surface area contributed by atoms with Crippen LogP contribution in [0.3, 0.4) is 0 Å². The summed E-state index contributed by atoms with van der Waals surface area (Å²) in [5.74, 6) is 1.50. The number of nitrogens with zero attached hydrogens (tertiary/aromatic N) is 2. The maximum Gasteiger partial charge on any atom is 0.213 e. The summed E-state index contributed by atoms with van der Waals surface area (Å²) >= 11 is 0. The molecule has 1 aromatic rings. The van der Waals surface area contributed by atoms with Gasteiger partial charge in [-0.15, -0.1) is 0 Å². The molecule has 0 aromatic carbocycles. The Kier molecular flexibility index (Phi) is 4.34. The fourth-order valence-electron chi connectivity index (χ4n) is 2.43. The van der Waals surface area contributed by atoms with Crippen molar-refractivity contribution in [2.24, 2.45) is 5.92 Å². The summed E-state index contributed by atoms with van der Waals surface area (Å²) in [5, 5.41) is 3.26. The van der Waals surface area contributed by atoms with Crippen molar-refractivity contribution in [3.05, 3.63) is 23.9 Å². The molecule has 0 radical (unpaired) electrons. The maximum absolute atomic E-state index is 5.14. The number of rotatable bonds is 5. The smallest absolute Gasteiger partial charge is 0.213 e. The fourth-order valence-corrected chi connectivity index (χ4v) is 2.43. The van der Waals surface area contributed by atoms with Gasteiger partial charge in [0, 0.05) is 25.4 Å². The summed E-state index contributed by atoms with van der Waals surface area (Å²) < 4.78 is 5.14. The molecule has 1 saturated heterocycles. The number of pyridine rings is 1. The highest BCUT2D eigenvalue weighted by molar-refractivity contribution is 5.20. The van der Waals surface area contributed by atoms with Gasteiger partial charge in [0.25, 0.3) is 0 Å². The van der Waals surface area contributed by atoms with Gasteiger partial charge in [-0.1, -0.05) is 0 Å². The third kappa shape index (κ3) is 3.41. The lowest BCUT2D eigenvalue weighted by molar-refractivity contribution is 0.314. The monoisotopic (exact) mass is 235 g/mol. The molecule has 0 saturated carbocycles. The zero-order valence-corrected chi connectivity index (χ0v) is 10.6. The van der Waals surface area contributed by atoms with Crippen molar-refractivity contribution in [2.75, 3.05) is 33.8 Å². The Morgan fingerprint density at radius 3 is 3.24 bits per heavy atom. The van der Waals surface area contributed by atoms with Gasteiger partial charge in [0.2, 0.25) is 5.88 Å². The second kappa shape index (κ2) is 5.98. The van der Waals surface area contributed by atoms with E-state index in [0.717, 1.165) is 19.0 Å². The first-order valence-electron chi connectivity index (χ1n) is 6.17. The topological polar surface area (TPSA) is 37.4 Å². The van der Waals surface area contributed by atoms with Crippen molar-refractivity contribution in [1.82, 2.24) is 15.2 Å². The Morgan fingerprint density at radius 1 is 1.59 bits per heavy atom. The Labute approximate surface area is 103 Å². The molecule has 1 N–H and O–H groups in total. The molecule has 4 heteroatoms. The number of nitrogens with one attached hydrogen (secondary N) is 1. The molecule has 2 heterocycles. The van der Waals surface area contributed by atoms with Gasteiger partial charge in [0.05, 0.1) is 7.11 Å². The van der Waals surface area contributed by atoms with E-state index in [1.807, 2.05) is 19.3 Å². The molecule has 0 aliphatic carbocycles. The molecular formula is C13H21N3O. The van der Waals surface area contributed by atoms with Crippen LogP contribution in [0.1, 0.15) is 12.0 Å². The summed E-state index contributed by atoms with van der Waals surface area (Å²) in [6, 6.07) is 4.08. The normalized spacial score (nSPS) is 20.7. The summed E-state index contributed by atoms with van der Waals surface area (Å²) in [5.41, 5.74) is 1.28. The highest BCUT2D eigenvalue weighted by Crippen LogP contribution is 2.19. The number of ether oxygens (including phenoxy) is 1. The maximum atomic E-state index is 5.14. The molecule has 1 aliphatic heterocycles. The first-order valence-corrected chi connectivity index (χ1v) is 6.17. The molecule has 0 bridgehead atoms. The van der Waals surface area contributed by atoms with E-state index in [1.54, 1.807) is 7.11 Å². The molecule has 1 fully saturated rings. The van der Waals surface area contributed by atoms with Crippen molar-refractivity contribution in [3.63, 3.8) is 0 Å². The quantitative estimate of drug-likeness (QED) is 0.830. The van der Waals surface area contributed by atoms with E-state index >= 15 is 0 Å². The summed E-state index contributed by atoms with van der Waals surface area (Å²) in [6.07, 6.45) is 3.11. The Hall–Kier alpha value is -1.13. The second-order valence-electron chi connectivity index (χ2n) is 4.65. The van der Waals surface area contributed by atoms with Gasteiger partial charge in [-0.25, -0.2) is 4.98 Å². The van der Waals surface area contributed by atoms with Gasteiger partial charge >= 0.3 is 0 Å². The van der Waals surface area contributed by atoms with E-state index in [2.05, 4.69) is 21.3 Å². The Morgan fingerprint density at radius 2 is 2.47 bits per heavy atom. The molecule has 1 unspecified atom stereocenters. The minimum atomic E-state index is 0.702. The number of hydrogen-bond donors (Lipinski definition) is 1. The van der Waals surface area contributed by atoms with E-state index in [4.69, 9.17) is 4.74 Å². The van der Waals surface area contributed by atoms with Gasteiger partial charge in [-0.3, -0.25) is 4.90 Å². The number of methoxy groups -OCH3 is 1. The van der Waals surface area contributed by atoms with Crippen molar-refractivity contribution in [1.29, 1.82) is 0 Å². The molecule has 1 aliphatic rings. The van der Waals surface area contributed by atoms with Crippen LogP contribution in [0, 0.1) is 5.92 Å². The predicted molar refractivity (Wildman–Crippen MR) is 68.1 cm³/mol. The second-order valence-corrected chi connectivity index (χ2v) is 4.65. The number of aromatic nitrogens is 1. The average molecular weight is 235 g/mol. The van der Waals surface area contributed by atoms with Gasteiger partial charge in [0.1, 0.15) is 0 Å². The lowest BCUT2D eigenvalue weighted by Gasteiger charge is -2.16. The average Bonchev–Trinajstić information content (AvgIpc) is 2.77.